The van der Waals surface area contributed by atoms with Crippen molar-refractivity contribution in [2.75, 3.05) is 10.6 Å². The number of anilines is 2. The van der Waals surface area contributed by atoms with Crippen LogP contribution in [0.1, 0.15) is 0 Å². The number of nitrogens with one attached hydrogen (secondary N) is 2. The lowest BCUT2D eigenvalue weighted by atomic mass is 10.3. The molecule has 10 heteroatoms. The molecule has 150 valence electrons. The van der Waals surface area contributed by atoms with Crippen LogP contribution in [0.25, 0.3) is 5.82 Å². The molecule has 0 saturated heterocycles. The number of benzene rings is 2. The summed E-state index contributed by atoms with van der Waals surface area (Å²) in [5.41, 5.74) is 0.168. The molecule has 4 rings (SSSR count). The van der Waals surface area contributed by atoms with E-state index in [0.717, 1.165) is 18.2 Å². The lowest BCUT2D eigenvalue weighted by Gasteiger charge is -2.09. The van der Waals surface area contributed by atoms with Crippen molar-refractivity contribution in [1.29, 1.82) is 0 Å². The Morgan fingerprint density at radius 3 is 2.50 bits per heavy atom. The topological polar surface area (TPSA) is 94.0 Å². The molecule has 0 aliphatic heterocycles. The number of ether oxygens (including phenoxy) is 1. The predicted molar refractivity (Wildman–Crippen MR) is 105 cm³/mol. The van der Waals surface area contributed by atoms with Crippen molar-refractivity contribution in [3.05, 3.63) is 84.7 Å². The van der Waals surface area contributed by atoms with Crippen molar-refractivity contribution in [1.82, 2.24) is 20.0 Å². The van der Waals surface area contributed by atoms with E-state index in [-0.39, 0.29) is 11.6 Å². The van der Waals surface area contributed by atoms with E-state index in [1.54, 1.807) is 59.5 Å². The van der Waals surface area contributed by atoms with Crippen molar-refractivity contribution in [2.24, 2.45) is 0 Å². The maximum atomic E-state index is 13.6. The van der Waals surface area contributed by atoms with Gasteiger partial charge in [0.15, 0.2) is 5.82 Å². The van der Waals surface area contributed by atoms with Crippen LogP contribution in [-0.2, 0) is 0 Å². The van der Waals surface area contributed by atoms with Gasteiger partial charge in [0, 0.05) is 30.2 Å². The van der Waals surface area contributed by atoms with Crippen LogP contribution in [0.15, 0.2) is 73.1 Å². The predicted octanol–water partition coefficient (Wildman–Crippen LogP) is 4.38. The molecule has 4 aromatic rings. The normalized spacial score (nSPS) is 10.5. The van der Waals surface area contributed by atoms with Crippen LogP contribution < -0.4 is 15.4 Å². The molecule has 0 aliphatic carbocycles. The molecular weight excluding hydrogens is 394 g/mol. The third-order valence-electron chi connectivity index (χ3n) is 3.88. The maximum Gasteiger partial charge on any atom is 0.323 e. The molecule has 2 aromatic heterocycles. The molecule has 2 N–H and O–H groups in total. The molecule has 0 spiro atoms. The minimum atomic E-state index is -0.741. The molecule has 0 saturated carbocycles. The fraction of sp³-hybridized carbons (Fsp3) is 0. The first kappa shape index (κ1) is 19.0. The van der Waals surface area contributed by atoms with Gasteiger partial charge in [-0.2, -0.15) is 5.10 Å². The van der Waals surface area contributed by atoms with E-state index in [4.69, 9.17) is 4.74 Å². The highest BCUT2D eigenvalue weighted by Gasteiger charge is 2.09. The largest absolute Gasteiger partial charge is 0.438 e. The number of urea groups is 1. The molecule has 0 fully saturated rings. The van der Waals surface area contributed by atoms with Crippen LogP contribution in [0.5, 0.6) is 11.6 Å². The maximum absolute atomic E-state index is 13.6. The van der Waals surface area contributed by atoms with Gasteiger partial charge in [0.25, 0.3) is 0 Å². The van der Waals surface area contributed by atoms with Crippen molar-refractivity contribution in [2.45, 2.75) is 0 Å². The smallest absolute Gasteiger partial charge is 0.323 e. The number of aromatic nitrogens is 4. The number of hydrogen-bond donors (Lipinski definition) is 2. The summed E-state index contributed by atoms with van der Waals surface area (Å²) in [7, 11) is 0. The van der Waals surface area contributed by atoms with Crippen molar-refractivity contribution in [3.8, 4) is 17.4 Å². The van der Waals surface area contributed by atoms with Gasteiger partial charge in [0.05, 0.1) is 5.69 Å². The van der Waals surface area contributed by atoms with Gasteiger partial charge in [0.1, 0.15) is 17.4 Å². The number of carbonyl (C=O) groups excluding carboxylic acids is 1. The van der Waals surface area contributed by atoms with E-state index in [2.05, 4.69) is 25.9 Å². The molecule has 2 aromatic carbocycles. The molecule has 2 heterocycles. The summed E-state index contributed by atoms with van der Waals surface area (Å²) in [4.78, 5) is 12.0. The zero-order valence-corrected chi connectivity index (χ0v) is 15.3. The fourth-order valence-electron chi connectivity index (χ4n) is 2.50. The van der Waals surface area contributed by atoms with Crippen LogP contribution in [0.2, 0.25) is 0 Å². The number of carbonyl (C=O) groups is 1. The van der Waals surface area contributed by atoms with Gasteiger partial charge in [-0.3, -0.25) is 0 Å². The summed E-state index contributed by atoms with van der Waals surface area (Å²) in [6.45, 7) is 0. The summed E-state index contributed by atoms with van der Waals surface area (Å²) in [6, 6.07) is 13.6. The molecule has 0 aliphatic rings. The number of amides is 2. The highest BCUT2D eigenvalue weighted by atomic mass is 19.1. The zero-order valence-electron chi connectivity index (χ0n) is 15.3. The average Bonchev–Trinajstić information content (AvgIpc) is 3.28. The molecular formula is C20H14F2N6O2. The third-order valence-corrected chi connectivity index (χ3v) is 3.88. The van der Waals surface area contributed by atoms with E-state index < -0.39 is 17.7 Å². The van der Waals surface area contributed by atoms with Crippen molar-refractivity contribution in [3.63, 3.8) is 0 Å². The van der Waals surface area contributed by atoms with Crippen LogP contribution >= 0.6 is 0 Å². The highest BCUT2D eigenvalue weighted by molar-refractivity contribution is 5.99. The molecule has 0 atom stereocenters. The molecule has 2 amide bonds. The Morgan fingerprint density at radius 2 is 1.80 bits per heavy atom. The minimum absolute atomic E-state index is 0.260. The van der Waals surface area contributed by atoms with Gasteiger partial charge in [-0.25, -0.2) is 18.3 Å². The first-order chi connectivity index (χ1) is 14.6. The quantitative estimate of drug-likeness (QED) is 0.511. The lowest BCUT2D eigenvalue weighted by molar-refractivity contribution is 0.262. The van der Waals surface area contributed by atoms with E-state index in [9.17, 15) is 13.6 Å². The van der Waals surface area contributed by atoms with Gasteiger partial charge in [0.2, 0.25) is 5.88 Å². The fourth-order valence-corrected chi connectivity index (χ4v) is 2.50. The molecule has 30 heavy (non-hydrogen) atoms. The number of hydrogen-bond acceptors (Lipinski definition) is 5. The Bertz CT molecular complexity index is 1150. The summed E-state index contributed by atoms with van der Waals surface area (Å²) in [5, 5.41) is 16.8. The summed E-state index contributed by atoms with van der Waals surface area (Å²) >= 11 is 0. The second-order valence-corrected chi connectivity index (χ2v) is 6.01. The van der Waals surface area contributed by atoms with Crippen LogP contribution in [-0.4, -0.2) is 26.0 Å². The average molecular weight is 408 g/mol. The SMILES string of the molecule is O=C(Nc1ccc(Oc2ccc(-n3cccn3)nn2)cc1)Nc1cc(F)ccc1F. The van der Waals surface area contributed by atoms with Gasteiger partial charge in [-0.15, -0.1) is 10.2 Å². The summed E-state index contributed by atoms with van der Waals surface area (Å²) in [6.07, 6.45) is 3.38. The van der Waals surface area contributed by atoms with E-state index in [0.29, 0.717) is 17.3 Å². The Labute approximate surface area is 169 Å². The Morgan fingerprint density at radius 1 is 0.967 bits per heavy atom. The number of halogens is 2. The minimum Gasteiger partial charge on any atom is -0.438 e. The highest BCUT2D eigenvalue weighted by Crippen LogP contribution is 2.22. The van der Waals surface area contributed by atoms with E-state index in [1.165, 1.54) is 0 Å². The standard InChI is InChI=1S/C20H14F2N6O2/c21-13-2-7-16(22)17(12-13)25-20(29)24-14-3-5-15(6-4-14)30-19-9-8-18(26-27-19)28-11-1-10-23-28/h1-12H,(H2,24,25,29). The second-order valence-electron chi connectivity index (χ2n) is 6.01. The Kier molecular flexibility index (Phi) is 5.29. The van der Waals surface area contributed by atoms with Gasteiger partial charge < -0.3 is 15.4 Å². The van der Waals surface area contributed by atoms with Crippen LogP contribution in [0, 0.1) is 11.6 Å². The molecule has 0 unspecified atom stereocenters. The van der Waals surface area contributed by atoms with E-state index >= 15 is 0 Å². The van der Waals surface area contributed by atoms with Gasteiger partial charge in [-0.05, 0) is 48.5 Å². The molecule has 0 radical (unpaired) electrons. The Hall–Kier alpha value is -4.34. The first-order valence-electron chi connectivity index (χ1n) is 8.71. The first-order valence-corrected chi connectivity index (χ1v) is 8.71. The monoisotopic (exact) mass is 408 g/mol. The molecule has 8 nitrogen and oxygen atoms in total. The number of nitrogens with zero attached hydrogens (tertiary/aromatic N) is 4. The Balaban J connectivity index is 1.35. The van der Waals surface area contributed by atoms with Crippen LogP contribution in [0.4, 0.5) is 25.0 Å². The lowest BCUT2D eigenvalue weighted by Crippen LogP contribution is -2.20. The molecule has 0 bridgehead atoms. The number of rotatable bonds is 5. The summed E-state index contributed by atoms with van der Waals surface area (Å²) < 4.78 is 33.9. The van der Waals surface area contributed by atoms with Gasteiger partial charge >= 0.3 is 6.03 Å². The van der Waals surface area contributed by atoms with E-state index in [1.807, 2.05) is 0 Å². The zero-order chi connectivity index (χ0) is 20.9. The van der Waals surface area contributed by atoms with Crippen molar-refractivity contribution >= 4 is 17.4 Å². The second kappa shape index (κ2) is 8.35. The summed E-state index contributed by atoms with van der Waals surface area (Å²) in [5.74, 6) is -0.0965. The van der Waals surface area contributed by atoms with Gasteiger partial charge in [-0.1, -0.05) is 0 Å². The van der Waals surface area contributed by atoms with Crippen LogP contribution in [0.3, 0.4) is 0 Å². The third kappa shape index (κ3) is 4.55. The van der Waals surface area contributed by atoms with Crippen molar-refractivity contribution < 1.29 is 18.3 Å².